The summed E-state index contributed by atoms with van der Waals surface area (Å²) in [6.07, 6.45) is 0. The number of benzene rings is 1. The van der Waals surface area contributed by atoms with Crippen LogP contribution in [0, 0.1) is 6.92 Å². The molecule has 0 aliphatic rings. The van der Waals surface area contributed by atoms with E-state index < -0.39 is 5.97 Å². The lowest BCUT2D eigenvalue weighted by molar-refractivity contribution is 0.0601. The first-order valence-electron chi connectivity index (χ1n) is 5.18. The highest BCUT2D eigenvalue weighted by atomic mass is 79.9. The summed E-state index contributed by atoms with van der Waals surface area (Å²) in [5.41, 5.74) is 17.2. The minimum absolute atomic E-state index is 0.146. The van der Waals surface area contributed by atoms with Crippen LogP contribution >= 0.6 is 15.9 Å². The summed E-state index contributed by atoms with van der Waals surface area (Å²) in [4.78, 5) is 19.4. The number of methoxy groups -OCH3 is 1. The van der Waals surface area contributed by atoms with E-state index in [2.05, 4.69) is 25.9 Å². The maximum absolute atomic E-state index is 11.8. The van der Waals surface area contributed by atoms with Crippen molar-refractivity contribution in [3.05, 3.63) is 27.7 Å². The Balaban J connectivity index is 3.40. The van der Waals surface area contributed by atoms with Gasteiger partial charge in [-0.15, -0.1) is 0 Å². The molecule has 1 aromatic rings. The third-order valence-electron chi connectivity index (χ3n) is 2.25. The first-order valence-corrected chi connectivity index (χ1v) is 5.97. The number of nitrogens with two attached hydrogens (primary N) is 3. The summed E-state index contributed by atoms with van der Waals surface area (Å²) in [5, 5.41) is 0. The van der Waals surface area contributed by atoms with Gasteiger partial charge in [0.1, 0.15) is 0 Å². The van der Waals surface area contributed by atoms with Gasteiger partial charge in [0, 0.05) is 4.47 Å². The molecule has 7 nitrogen and oxygen atoms in total. The number of rotatable bonds is 2. The SMILES string of the molecule is COC(=O)c1c(N=C(N)N=C(N)N)ccc(Br)c1C. The smallest absolute Gasteiger partial charge is 0.340 e. The molecule has 8 heteroatoms. The van der Waals surface area contributed by atoms with Crippen molar-refractivity contribution in [1.29, 1.82) is 0 Å². The van der Waals surface area contributed by atoms with Gasteiger partial charge in [-0.25, -0.2) is 9.79 Å². The van der Waals surface area contributed by atoms with Crippen LogP contribution in [0.2, 0.25) is 0 Å². The molecule has 0 aliphatic heterocycles. The molecule has 0 aliphatic carbocycles. The van der Waals surface area contributed by atoms with Gasteiger partial charge in [0.25, 0.3) is 0 Å². The van der Waals surface area contributed by atoms with Gasteiger partial charge in [0.15, 0.2) is 5.96 Å². The maximum Gasteiger partial charge on any atom is 0.340 e. The Morgan fingerprint density at radius 3 is 2.47 bits per heavy atom. The van der Waals surface area contributed by atoms with Crippen molar-refractivity contribution in [2.45, 2.75) is 6.92 Å². The van der Waals surface area contributed by atoms with Gasteiger partial charge in [-0.1, -0.05) is 15.9 Å². The minimum Gasteiger partial charge on any atom is -0.465 e. The molecule has 0 saturated carbocycles. The molecule has 19 heavy (non-hydrogen) atoms. The van der Waals surface area contributed by atoms with Crippen molar-refractivity contribution in [1.82, 2.24) is 0 Å². The van der Waals surface area contributed by atoms with Crippen LogP contribution in [0.4, 0.5) is 5.69 Å². The number of halogens is 1. The normalized spacial score (nSPS) is 11.0. The van der Waals surface area contributed by atoms with E-state index in [1.165, 1.54) is 7.11 Å². The largest absolute Gasteiger partial charge is 0.465 e. The quantitative estimate of drug-likeness (QED) is 0.419. The van der Waals surface area contributed by atoms with E-state index in [0.717, 1.165) is 4.47 Å². The van der Waals surface area contributed by atoms with Crippen molar-refractivity contribution in [3.8, 4) is 0 Å². The molecule has 0 spiro atoms. The molecule has 0 bridgehead atoms. The van der Waals surface area contributed by atoms with E-state index in [1.54, 1.807) is 19.1 Å². The van der Waals surface area contributed by atoms with E-state index in [0.29, 0.717) is 16.8 Å². The van der Waals surface area contributed by atoms with Gasteiger partial charge in [0.05, 0.1) is 18.4 Å². The standard InChI is InChI=1S/C11H14BrN5O2/c1-5-6(12)3-4-7(8(5)9(18)19-2)16-11(15)17-10(13)14/h3-4H,1-2H3,(H6,13,14,15,16,17). The van der Waals surface area contributed by atoms with E-state index in [9.17, 15) is 4.79 Å². The third kappa shape index (κ3) is 3.68. The molecule has 0 heterocycles. The fourth-order valence-corrected chi connectivity index (χ4v) is 1.74. The van der Waals surface area contributed by atoms with Crippen molar-refractivity contribution in [3.63, 3.8) is 0 Å². The number of esters is 1. The number of guanidine groups is 2. The van der Waals surface area contributed by atoms with Crippen LogP contribution in [0.15, 0.2) is 26.6 Å². The van der Waals surface area contributed by atoms with Crippen LogP contribution in [0.25, 0.3) is 0 Å². The van der Waals surface area contributed by atoms with Crippen molar-refractivity contribution >= 4 is 39.5 Å². The van der Waals surface area contributed by atoms with Crippen molar-refractivity contribution in [2.75, 3.05) is 7.11 Å². The van der Waals surface area contributed by atoms with Gasteiger partial charge in [-0.05, 0) is 24.6 Å². The topological polar surface area (TPSA) is 129 Å². The molecule has 1 rings (SSSR count). The number of hydrogen-bond acceptors (Lipinski definition) is 3. The van der Waals surface area contributed by atoms with Gasteiger partial charge in [-0.2, -0.15) is 4.99 Å². The molecule has 0 amide bonds. The predicted octanol–water partition coefficient (Wildman–Crippen LogP) is 0.764. The second-order valence-corrected chi connectivity index (χ2v) is 4.42. The molecule has 0 atom stereocenters. The third-order valence-corrected chi connectivity index (χ3v) is 3.10. The summed E-state index contributed by atoms with van der Waals surface area (Å²) in [6.45, 7) is 1.76. The number of aliphatic imine (C=N–C) groups is 2. The lowest BCUT2D eigenvalue weighted by Gasteiger charge is -2.09. The first kappa shape index (κ1) is 15.0. The van der Waals surface area contributed by atoms with Crippen LogP contribution < -0.4 is 17.2 Å². The fourth-order valence-electron chi connectivity index (χ4n) is 1.41. The van der Waals surface area contributed by atoms with Crippen molar-refractivity contribution < 1.29 is 9.53 Å². The number of nitrogens with zero attached hydrogens (tertiary/aromatic N) is 2. The molecular weight excluding hydrogens is 314 g/mol. The highest BCUT2D eigenvalue weighted by Gasteiger charge is 2.17. The fraction of sp³-hybridized carbons (Fsp3) is 0.182. The van der Waals surface area contributed by atoms with E-state index in [1.807, 2.05) is 0 Å². The Kier molecular flexibility index (Phi) is 4.87. The molecule has 0 unspecified atom stereocenters. The maximum atomic E-state index is 11.8. The molecule has 0 fully saturated rings. The van der Waals surface area contributed by atoms with Gasteiger partial charge in [0.2, 0.25) is 5.96 Å². The van der Waals surface area contributed by atoms with E-state index in [4.69, 9.17) is 21.9 Å². The van der Waals surface area contributed by atoms with Gasteiger partial charge >= 0.3 is 5.97 Å². The van der Waals surface area contributed by atoms with Crippen molar-refractivity contribution in [2.24, 2.45) is 27.2 Å². The Morgan fingerprint density at radius 2 is 1.95 bits per heavy atom. The Morgan fingerprint density at radius 1 is 1.32 bits per heavy atom. The molecule has 1 aromatic carbocycles. The summed E-state index contributed by atoms with van der Waals surface area (Å²) in [5.74, 6) is -0.878. The molecule has 0 saturated heterocycles. The molecule has 102 valence electrons. The first-order chi connectivity index (χ1) is 8.86. The zero-order chi connectivity index (χ0) is 14.6. The molecule has 6 N–H and O–H groups in total. The molecule has 0 radical (unpaired) electrons. The second kappa shape index (κ2) is 6.19. The van der Waals surface area contributed by atoms with Crippen LogP contribution in [-0.2, 0) is 4.74 Å². The number of hydrogen-bond donors (Lipinski definition) is 3. The number of carbonyl (C=O) groups excluding carboxylic acids is 1. The monoisotopic (exact) mass is 327 g/mol. The Bertz CT molecular complexity index is 564. The molecule has 0 aromatic heterocycles. The lowest BCUT2D eigenvalue weighted by Crippen LogP contribution is -2.26. The second-order valence-electron chi connectivity index (χ2n) is 3.56. The number of ether oxygens (including phenoxy) is 1. The zero-order valence-corrected chi connectivity index (χ0v) is 12.1. The predicted molar refractivity (Wildman–Crippen MR) is 77.3 cm³/mol. The highest BCUT2D eigenvalue weighted by molar-refractivity contribution is 9.10. The summed E-state index contributed by atoms with van der Waals surface area (Å²) >= 11 is 3.33. The van der Waals surface area contributed by atoms with Crippen LogP contribution in [0.5, 0.6) is 0 Å². The van der Waals surface area contributed by atoms with Crippen LogP contribution in [0.1, 0.15) is 15.9 Å². The minimum atomic E-state index is -0.518. The van der Waals surface area contributed by atoms with E-state index in [-0.39, 0.29) is 11.9 Å². The average molecular weight is 328 g/mol. The Hall–Kier alpha value is -2.09. The summed E-state index contributed by atoms with van der Waals surface area (Å²) < 4.78 is 5.48. The van der Waals surface area contributed by atoms with E-state index >= 15 is 0 Å². The van der Waals surface area contributed by atoms with Gasteiger partial charge in [-0.3, -0.25) is 0 Å². The Labute approximate surface area is 118 Å². The van der Waals surface area contributed by atoms with Crippen LogP contribution in [0.3, 0.4) is 0 Å². The highest BCUT2D eigenvalue weighted by Crippen LogP contribution is 2.29. The summed E-state index contributed by atoms with van der Waals surface area (Å²) in [6, 6.07) is 3.35. The zero-order valence-electron chi connectivity index (χ0n) is 10.5. The lowest BCUT2D eigenvalue weighted by atomic mass is 10.1. The summed E-state index contributed by atoms with van der Waals surface area (Å²) in [7, 11) is 1.29. The van der Waals surface area contributed by atoms with Crippen LogP contribution in [-0.4, -0.2) is 25.0 Å². The molecular formula is C11H14BrN5O2. The number of carbonyl (C=O) groups is 1. The average Bonchev–Trinajstić information content (AvgIpc) is 2.32. The van der Waals surface area contributed by atoms with Gasteiger partial charge < -0.3 is 21.9 Å².